The topological polar surface area (TPSA) is 179 Å². The number of nitrogens with two attached hydrogens (primary N) is 1. The summed E-state index contributed by atoms with van der Waals surface area (Å²) < 4.78 is 0. The van der Waals surface area contributed by atoms with E-state index in [-0.39, 0.29) is 17.3 Å². The summed E-state index contributed by atoms with van der Waals surface area (Å²) in [5.74, 6) is -1.50. The van der Waals surface area contributed by atoms with E-state index in [4.69, 9.17) is 5.73 Å². The Bertz CT molecular complexity index is 1390. The Morgan fingerprint density at radius 1 is 1.24 bits per heavy atom. The molecule has 3 atom stereocenters. The van der Waals surface area contributed by atoms with E-state index in [0.29, 0.717) is 22.7 Å². The van der Waals surface area contributed by atoms with Crippen LogP contribution < -0.4 is 21.5 Å². The highest BCUT2D eigenvalue weighted by Gasteiger charge is 2.54. The van der Waals surface area contributed by atoms with Gasteiger partial charge in [0, 0.05) is 11.7 Å². The van der Waals surface area contributed by atoms with Gasteiger partial charge in [0.15, 0.2) is 0 Å². The van der Waals surface area contributed by atoms with Crippen LogP contribution >= 0.6 is 11.8 Å². The number of hydrogen-bond donors (Lipinski definition) is 4. The lowest BCUT2D eigenvalue weighted by molar-refractivity contribution is -0.150. The zero-order valence-electron chi connectivity index (χ0n) is 19.7. The van der Waals surface area contributed by atoms with Crippen molar-refractivity contribution in [2.45, 2.75) is 43.1 Å². The number of carbonyl (C=O) groups is 4. The van der Waals surface area contributed by atoms with E-state index in [1.807, 2.05) is 0 Å². The van der Waals surface area contributed by atoms with Crippen LogP contribution in [0.4, 0.5) is 10.5 Å². The molecule has 1 saturated heterocycles. The highest BCUT2D eigenvalue weighted by molar-refractivity contribution is 8.00. The molecule has 2 aromatic rings. The fraction of sp³-hybridized carbons (Fsp3) is 0.333. The maximum atomic E-state index is 13.7. The van der Waals surface area contributed by atoms with E-state index >= 15 is 0 Å². The number of H-pyrrole nitrogens is 1. The van der Waals surface area contributed by atoms with Gasteiger partial charge in [-0.3, -0.25) is 24.2 Å². The van der Waals surface area contributed by atoms with Crippen LogP contribution in [0.15, 0.2) is 52.6 Å². The Hall–Kier alpha value is -4.13. The van der Waals surface area contributed by atoms with E-state index in [1.165, 1.54) is 18.0 Å². The number of nitrogens with zero attached hydrogens (tertiary/aromatic N) is 3. The third-order valence-electron chi connectivity index (χ3n) is 6.54. The first-order chi connectivity index (χ1) is 17.7. The van der Waals surface area contributed by atoms with Gasteiger partial charge in [0.1, 0.15) is 34.7 Å². The van der Waals surface area contributed by atoms with Gasteiger partial charge >= 0.3 is 12.0 Å². The number of urea groups is 1. The maximum Gasteiger partial charge on any atom is 0.352 e. The standard InChI is InChI=1S/C24H24N6O6S/c1-11-10-37-22-15(21(33)30(22)16(11)23(34)35)27-20(32)17(12-5-3-2-4-6-12)29(24(25)36)14-9-26-18(13-7-8-13)28-19(14)31/h2-6,9,13,15,17,22H,7-8,10H2,1H3,(H2,25,36)(H,27,32)(H,34,35)(H,26,28,31)/t15?,17?,22-/m0/s1. The summed E-state index contributed by atoms with van der Waals surface area (Å²) in [5.41, 5.74) is 5.66. The van der Waals surface area contributed by atoms with Crippen molar-refractivity contribution in [1.82, 2.24) is 20.2 Å². The Balaban J connectivity index is 1.47. The predicted molar refractivity (Wildman–Crippen MR) is 133 cm³/mol. The molecular formula is C24H24N6O6S. The van der Waals surface area contributed by atoms with Crippen LogP contribution in [0.3, 0.4) is 0 Å². The molecule has 192 valence electrons. The van der Waals surface area contributed by atoms with Crippen LogP contribution in [-0.4, -0.2) is 61.0 Å². The van der Waals surface area contributed by atoms with Crippen molar-refractivity contribution in [3.8, 4) is 0 Å². The summed E-state index contributed by atoms with van der Waals surface area (Å²) in [4.78, 5) is 72.8. The van der Waals surface area contributed by atoms with E-state index in [1.54, 1.807) is 37.3 Å². The minimum Gasteiger partial charge on any atom is -0.477 e. The summed E-state index contributed by atoms with van der Waals surface area (Å²) in [7, 11) is 0. The van der Waals surface area contributed by atoms with Gasteiger partial charge in [-0.1, -0.05) is 30.3 Å². The van der Waals surface area contributed by atoms with Crippen LogP contribution in [0.1, 0.15) is 43.1 Å². The van der Waals surface area contributed by atoms with Gasteiger partial charge < -0.3 is 21.1 Å². The van der Waals surface area contributed by atoms with Crippen molar-refractivity contribution in [1.29, 1.82) is 0 Å². The quantitative estimate of drug-likeness (QED) is 0.388. The van der Waals surface area contributed by atoms with Gasteiger partial charge in [0.2, 0.25) is 5.91 Å². The van der Waals surface area contributed by atoms with Crippen molar-refractivity contribution in [3.63, 3.8) is 0 Å². The van der Waals surface area contributed by atoms with Gasteiger partial charge in [-0.15, -0.1) is 11.8 Å². The van der Waals surface area contributed by atoms with Crippen molar-refractivity contribution in [2.24, 2.45) is 5.73 Å². The number of β-lactam (4-membered cyclic amide) rings is 1. The number of hydrogen-bond acceptors (Lipinski definition) is 7. The van der Waals surface area contributed by atoms with Crippen LogP contribution in [0.2, 0.25) is 0 Å². The lowest BCUT2D eigenvalue weighted by atomic mass is 10.00. The van der Waals surface area contributed by atoms with Gasteiger partial charge in [0.05, 0.1) is 6.20 Å². The Morgan fingerprint density at radius 3 is 2.54 bits per heavy atom. The molecule has 2 aliphatic heterocycles. The Morgan fingerprint density at radius 2 is 1.95 bits per heavy atom. The monoisotopic (exact) mass is 524 g/mol. The molecule has 1 saturated carbocycles. The molecule has 1 aromatic carbocycles. The maximum absolute atomic E-state index is 13.7. The highest BCUT2D eigenvalue weighted by atomic mass is 32.2. The number of thioether (sulfide) groups is 1. The number of primary amides is 1. The zero-order chi connectivity index (χ0) is 26.4. The van der Waals surface area contributed by atoms with Crippen molar-refractivity contribution in [3.05, 3.63) is 69.5 Å². The van der Waals surface area contributed by atoms with Crippen LogP contribution in [-0.2, 0) is 14.4 Å². The first-order valence-corrected chi connectivity index (χ1v) is 12.6. The fourth-order valence-electron chi connectivity index (χ4n) is 4.58. The largest absolute Gasteiger partial charge is 0.477 e. The number of benzene rings is 1. The number of anilines is 1. The molecule has 2 fully saturated rings. The normalized spacial score (nSPS) is 21.5. The molecule has 0 bridgehead atoms. The number of aromatic amines is 1. The highest BCUT2D eigenvalue weighted by Crippen LogP contribution is 2.41. The number of aromatic nitrogens is 2. The van der Waals surface area contributed by atoms with Crippen molar-refractivity contribution < 1.29 is 24.3 Å². The number of aliphatic carboxylic acids is 1. The number of fused-ring (bicyclic) bond motifs is 1. The van der Waals surface area contributed by atoms with Crippen LogP contribution in [0.25, 0.3) is 0 Å². The molecule has 0 spiro atoms. The third-order valence-corrected chi connectivity index (χ3v) is 7.97. The second-order valence-electron chi connectivity index (χ2n) is 9.11. The average molecular weight is 525 g/mol. The molecule has 2 unspecified atom stereocenters. The summed E-state index contributed by atoms with van der Waals surface area (Å²) in [6.07, 6.45) is 3.03. The Labute approximate surface area is 214 Å². The van der Waals surface area contributed by atoms with E-state index in [2.05, 4.69) is 15.3 Å². The molecule has 13 heteroatoms. The molecule has 5 N–H and O–H groups in total. The number of carboxylic acids is 1. The molecule has 1 aromatic heterocycles. The fourth-order valence-corrected chi connectivity index (χ4v) is 5.88. The minimum absolute atomic E-state index is 0.0917. The van der Waals surface area contributed by atoms with Crippen molar-refractivity contribution in [2.75, 3.05) is 10.7 Å². The molecule has 4 amide bonds. The summed E-state index contributed by atoms with van der Waals surface area (Å²) in [5, 5.41) is 11.6. The SMILES string of the molecule is CC1=C(C(=O)O)N2C(=O)C(NC(=O)C(c3ccccc3)N(C(N)=O)c3cnc(C4CC4)[nH]c3=O)[C@@H]2SC1. The second kappa shape index (κ2) is 9.39. The van der Waals surface area contributed by atoms with Crippen molar-refractivity contribution >= 4 is 41.3 Å². The smallest absolute Gasteiger partial charge is 0.352 e. The van der Waals surface area contributed by atoms with Crippen LogP contribution in [0.5, 0.6) is 0 Å². The predicted octanol–water partition coefficient (Wildman–Crippen LogP) is 1.03. The lowest BCUT2D eigenvalue weighted by Gasteiger charge is -2.49. The number of rotatable bonds is 7. The molecule has 37 heavy (non-hydrogen) atoms. The second-order valence-corrected chi connectivity index (χ2v) is 10.2. The number of amides is 4. The molecule has 0 radical (unpaired) electrons. The first kappa shape index (κ1) is 24.6. The summed E-state index contributed by atoms with van der Waals surface area (Å²) in [6, 6.07) is 4.77. The van der Waals surface area contributed by atoms with E-state index in [9.17, 15) is 29.1 Å². The molecule has 3 aliphatic rings. The number of nitrogens with one attached hydrogen (secondary N) is 2. The summed E-state index contributed by atoms with van der Waals surface area (Å²) >= 11 is 1.33. The zero-order valence-corrected chi connectivity index (χ0v) is 20.5. The Kier molecular flexibility index (Phi) is 6.23. The molecule has 12 nitrogen and oxygen atoms in total. The molecular weight excluding hydrogens is 500 g/mol. The number of carbonyl (C=O) groups excluding carboxylic acids is 3. The van der Waals surface area contributed by atoms with Gasteiger partial charge in [-0.2, -0.15) is 0 Å². The molecule has 1 aliphatic carbocycles. The molecule has 3 heterocycles. The van der Waals surface area contributed by atoms with Gasteiger partial charge in [-0.05, 0) is 30.9 Å². The lowest BCUT2D eigenvalue weighted by Crippen LogP contribution is -2.71. The number of carboxylic acid groups (broad SMARTS) is 1. The van der Waals surface area contributed by atoms with Crippen LogP contribution in [0, 0.1) is 0 Å². The minimum atomic E-state index is -1.39. The van der Waals surface area contributed by atoms with Gasteiger partial charge in [0.25, 0.3) is 11.5 Å². The third kappa shape index (κ3) is 4.35. The van der Waals surface area contributed by atoms with Gasteiger partial charge in [-0.25, -0.2) is 14.6 Å². The molecule has 5 rings (SSSR count). The van der Waals surface area contributed by atoms with E-state index in [0.717, 1.165) is 22.6 Å². The van der Waals surface area contributed by atoms with E-state index < -0.39 is 46.8 Å². The average Bonchev–Trinajstić information content (AvgIpc) is 3.71. The first-order valence-electron chi connectivity index (χ1n) is 11.6. The summed E-state index contributed by atoms with van der Waals surface area (Å²) in [6.45, 7) is 1.64.